The zero-order chi connectivity index (χ0) is 20.7. The van der Waals surface area contributed by atoms with E-state index >= 15 is 0 Å². The maximum atomic E-state index is 13.0. The molecular formula is C21H25N3O4. The minimum atomic E-state index is -0.710. The van der Waals surface area contributed by atoms with Crippen LogP contribution in [0.3, 0.4) is 0 Å². The number of carbonyl (C=O) groups excluding carboxylic acids is 2. The van der Waals surface area contributed by atoms with Crippen LogP contribution in [-0.4, -0.2) is 33.7 Å². The molecule has 1 N–H and O–H groups in total. The van der Waals surface area contributed by atoms with Crippen molar-refractivity contribution < 1.29 is 14.5 Å². The molecule has 0 aliphatic rings. The van der Waals surface area contributed by atoms with Crippen molar-refractivity contribution in [3.05, 3.63) is 75.8 Å². The Labute approximate surface area is 164 Å². The Morgan fingerprint density at radius 2 is 1.64 bits per heavy atom. The molecule has 0 aliphatic heterocycles. The lowest BCUT2D eigenvalue weighted by Crippen LogP contribution is -2.49. The molecule has 0 saturated carbocycles. The number of rotatable bonds is 8. The number of benzene rings is 2. The molecule has 0 bridgehead atoms. The van der Waals surface area contributed by atoms with Gasteiger partial charge < -0.3 is 10.2 Å². The highest BCUT2D eigenvalue weighted by Crippen LogP contribution is 2.20. The number of hydrogen-bond donors (Lipinski definition) is 1. The minimum absolute atomic E-state index is 0.0566. The highest BCUT2D eigenvalue weighted by atomic mass is 16.6. The smallest absolute Gasteiger partial charge is 0.273 e. The zero-order valence-electron chi connectivity index (χ0n) is 16.3. The molecule has 1 atom stereocenters. The summed E-state index contributed by atoms with van der Waals surface area (Å²) in [6, 6.07) is 14.7. The number of nitro groups is 1. The van der Waals surface area contributed by atoms with Gasteiger partial charge in [-0.05, 0) is 26.3 Å². The minimum Gasteiger partial charge on any atom is -0.352 e. The van der Waals surface area contributed by atoms with E-state index < -0.39 is 11.0 Å². The van der Waals surface area contributed by atoms with Gasteiger partial charge in [0.1, 0.15) is 6.04 Å². The highest BCUT2D eigenvalue weighted by Gasteiger charge is 2.28. The third kappa shape index (κ3) is 5.64. The Hall–Kier alpha value is -3.22. The van der Waals surface area contributed by atoms with E-state index in [-0.39, 0.29) is 36.5 Å². The summed E-state index contributed by atoms with van der Waals surface area (Å²) in [4.78, 5) is 37.8. The van der Waals surface area contributed by atoms with Crippen molar-refractivity contribution in [1.82, 2.24) is 10.2 Å². The predicted molar refractivity (Wildman–Crippen MR) is 107 cm³/mol. The van der Waals surface area contributed by atoms with Gasteiger partial charge in [0.05, 0.1) is 11.3 Å². The first-order valence-electron chi connectivity index (χ1n) is 9.15. The van der Waals surface area contributed by atoms with Gasteiger partial charge >= 0.3 is 0 Å². The van der Waals surface area contributed by atoms with Crippen LogP contribution in [-0.2, 0) is 22.6 Å². The first-order chi connectivity index (χ1) is 13.3. The quantitative estimate of drug-likeness (QED) is 0.560. The van der Waals surface area contributed by atoms with Crippen LogP contribution in [0.4, 0.5) is 5.69 Å². The molecule has 2 rings (SSSR count). The van der Waals surface area contributed by atoms with Gasteiger partial charge in [-0.2, -0.15) is 0 Å². The topological polar surface area (TPSA) is 92.6 Å². The van der Waals surface area contributed by atoms with Gasteiger partial charge in [0.25, 0.3) is 5.69 Å². The van der Waals surface area contributed by atoms with Gasteiger partial charge in [-0.25, -0.2) is 0 Å². The molecule has 0 spiro atoms. The Balaban J connectivity index is 2.28. The molecule has 1 unspecified atom stereocenters. The molecule has 0 aromatic heterocycles. The number of nitrogens with one attached hydrogen (secondary N) is 1. The summed E-state index contributed by atoms with van der Waals surface area (Å²) >= 11 is 0. The van der Waals surface area contributed by atoms with Crippen LogP contribution in [0.2, 0.25) is 0 Å². The van der Waals surface area contributed by atoms with Crippen LogP contribution in [0.15, 0.2) is 54.6 Å². The van der Waals surface area contributed by atoms with E-state index in [2.05, 4.69) is 5.32 Å². The Bertz CT molecular complexity index is 837. The largest absolute Gasteiger partial charge is 0.352 e. The molecule has 0 heterocycles. The monoisotopic (exact) mass is 383 g/mol. The fourth-order valence-electron chi connectivity index (χ4n) is 2.87. The fourth-order valence-corrected chi connectivity index (χ4v) is 2.87. The number of hydrogen-bond acceptors (Lipinski definition) is 4. The van der Waals surface area contributed by atoms with Gasteiger partial charge in [0, 0.05) is 24.2 Å². The van der Waals surface area contributed by atoms with Gasteiger partial charge in [-0.15, -0.1) is 0 Å². The average Bonchev–Trinajstić information content (AvgIpc) is 2.66. The van der Waals surface area contributed by atoms with Crippen LogP contribution >= 0.6 is 0 Å². The molecule has 2 aromatic rings. The number of carbonyl (C=O) groups is 2. The van der Waals surface area contributed by atoms with Crippen molar-refractivity contribution in [3.8, 4) is 0 Å². The van der Waals surface area contributed by atoms with Crippen molar-refractivity contribution >= 4 is 17.5 Å². The summed E-state index contributed by atoms with van der Waals surface area (Å²) in [6.45, 7) is 5.60. The van der Waals surface area contributed by atoms with E-state index in [4.69, 9.17) is 0 Å². The number of nitro benzene ring substituents is 1. The third-order valence-corrected chi connectivity index (χ3v) is 4.32. The lowest BCUT2D eigenvalue weighted by atomic mass is 10.1. The van der Waals surface area contributed by atoms with Crippen LogP contribution < -0.4 is 5.32 Å². The third-order valence-electron chi connectivity index (χ3n) is 4.32. The first-order valence-corrected chi connectivity index (χ1v) is 9.15. The van der Waals surface area contributed by atoms with Gasteiger partial charge in [-0.1, -0.05) is 48.5 Å². The molecule has 2 amide bonds. The molecule has 0 fully saturated rings. The molecular weight excluding hydrogens is 358 g/mol. The van der Waals surface area contributed by atoms with E-state index in [1.807, 2.05) is 44.2 Å². The van der Waals surface area contributed by atoms with Gasteiger partial charge in [-0.3, -0.25) is 19.7 Å². The lowest BCUT2D eigenvalue weighted by molar-refractivity contribution is -0.385. The molecule has 0 saturated heterocycles. The van der Waals surface area contributed by atoms with Crippen molar-refractivity contribution in [2.75, 3.05) is 0 Å². The Morgan fingerprint density at radius 3 is 2.25 bits per heavy atom. The summed E-state index contributed by atoms with van der Waals surface area (Å²) in [6.07, 6.45) is -0.150. The molecule has 2 aromatic carbocycles. The summed E-state index contributed by atoms with van der Waals surface area (Å²) in [5, 5.41) is 14.1. The zero-order valence-corrected chi connectivity index (χ0v) is 16.3. The van der Waals surface area contributed by atoms with Crippen molar-refractivity contribution in [2.45, 2.75) is 45.8 Å². The maximum absolute atomic E-state index is 13.0. The first kappa shape index (κ1) is 21.1. The Morgan fingerprint density at radius 1 is 1.04 bits per heavy atom. The summed E-state index contributed by atoms with van der Waals surface area (Å²) in [7, 11) is 0. The molecule has 7 heteroatoms. The van der Waals surface area contributed by atoms with Crippen molar-refractivity contribution in [3.63, 3.8) is 0 Å². The fraction of sp³-hybridized carbons (Fsp3) is 0.333. The lowest BCUT2D eigenvalue weighted by Gasteiger charge is -2.29. The summed E-state index contributed by atoms with van der Waals surface area (Å²) in [5.41, 5.74) is 1.10. The maximum Gasteiger partial charge on any atom is 0.273 e. The number of para-hydroxylation sites is 1. The second-order valence-electron chi connectivity index (χ2n) is 6.91. The molecule has 0 radical (unpaired) electrons. The van der Waals surface area contributed by atoms with E-state index in [1.54, 1.807) is 25.1 Å². The second kappa shape index (κ2) is 9.64. The number of amides is 2. The molecule has 28 heavy (non-hydrogen) atoms. The van der Waals surface area contributed by atoms with Crippen LogP contribution in [0.25, 0.3) is 0 Å². The van der Waals surface area contributed by atoms with E-state index in [9.17, 15) is 19.7 Å². The second-order valence-corrected chi connectivity index (χ2v) is 6.91. The van der Waals surface area contributed by atoms with Gasteiger partial charge in [0.2, 0.25) is 11.8 Å². The van der Waals surface area contributed by atoms with Crippen molar-refractivity contribution in [1.29, 1.82) is 0 Å². The van der Waals surface area contributed by atoms with Crippen LogP contribution in [0.5, 0.6) is 0 Å². The van der Waals surface area contributed by atoms with E-state index in [1.165, 1.54) is 11.0 Å². The standard InChI is InChI=1S/C21H25N3O4/c1-15(2)22-21(26)16(3)23(14-17-9-5-4-6-10-17)20(25)13-18-11-7-8-12-19(18)24(27)28/h4-12,15-16H,13-14H2,1-3H3,(H,22,26). The molecule has 148 valence electrons. The van der Waals surface area contributed by atoms with Crippen LogP contribution in [0.1, 0.15) is 31.9 Å². The molecule has 7 nitrogen and oxygen atoms in total. The van der Waals surface area contributed by atoms with E-state index in [0.29, 0.717) is 5.56 Å². The Kier molecular flexibility index (Phi) is 7.26. The van der Waals surface area contributed by atoms with E-state index in [0.717, 1.165) is 5.56 Å². The summed E-state index contributed by atoms with van der Waals surface area (Å²) in [5.74, 6) is -0.605. The van der Waals surface area contributed by atoms with Crippen LogP contribution in [0, 0.1) is 10.1 Å². The molecule has 0 aliphatic carbocycles. The normalized spacial score (nSPS) is 11.7. The van der Waals surface area contributed by atoms with Crippen molar-refractivity contribution in [2.24, 2.45) is 0 Å². The number of nitrogens with zero attached hydrogens (tertiary/aromatic N) is 2. The summed E-state index contributed by atoms with van der Waals surface area (Å²) < 4.78 is 0. The highest BCUT2D eigenvalue weighted by molar-refractivity contribution is 5.88. The average molecular weight is 383 g/mol. The van der Waals surface area contributed by atoms with Gasteiger partial charge in [0.15, 0.2) is 0 Å². The SMILES string of the molecule is CC(C)NC(=O)C(C)N(Cc1ccccc1)C(=O)Cc1ccccc1[N+](=O)[O-]. The predicted octanol–water partition coefficient (Wildman–Crippen LogP) is 3.08.